The van der Waals surface area contributed by atoms with Crippen LogP contribution in [-0.2, 0) is 6.54 Å². The first kappa shape index (κ1) is 25.1. The molecule has 0 aliphatic rings. The summed E-state index contributed by atoms with van der Waals surface area (Å²) in [5.74, 6) is 0.830. The number of guanidine groups is 1. The van der Waals surface area contributed by atoms with E-state index in [4.69, 9.17) is 23.8 Å². The van der Waals surface area contributed by atoms with E-state index in [9.17, 15) is 0 Å². The molecule has 0 amide bonds. The molecule has 4 aromatic rings. The molecule has 182 valence electrons. The van der Waals surface area contributed by atoms with Crippen LogP contribution < -0.4 is 21.3 Å². The number of anilines is 4. The molecular weight excluding hydrogens is 490 g/mol. The van der Waals surface area contributed by atoms with E-state index < -0.39 is 0 Å². The molecule has 4 N–H and O–H groups in total. The van der Waals surface area contributed by atoms with Gasteiger partial charge in [-0.2, -0.15) is 0 Å². The van der Waals surface area contributed by atoms with Crippen LogP contribution in [0.3, 0.4) is 0 Å². The topological polar surface area (TPSA) is 86.3 Å². The van der Waals surface area contributed by atoms with Crippen LogP contribution >= 0.6 is 23.8 Å². The van der Waals surface area contributed by atoms with Gasteiger partial charge in [0.1, 0.15) is 0 Å². The second-order valence-corrected chi connectivity index (χ2v) is 8.82. The molecule has 0 saturated heterocycles. The normalized spacial score (nSPS) is 11.0. The summed E-state index contributed by atoms with van der Waals surface area (Å²) in [7, 11) is 0. The van der Waals surface area contributed by atoms with Crippen molar-refractivity contribution in [3.05, 3.63) is 107 Å². The Morgan fingerprint density at radius 1 is 0.806 bits per heavy atom. The predicted molar refractivity (Wildman–Crippen MR) is 153 cm³/mol. The third-order valence-corrected chi connectivity index (χ3v) is 5.59. The lowest BCUT2D eigenvalue weighted by Crippen LogP contribution is -2.39. The van der Waals surface area contributed by atoms with Crippen molar-refractivity contribution < 1.29 is 0 Å². The fraction of sp³-hybridized carbons (Fsp3) is 0.111. The molecule has 0 aliphatic heterocycles. The van der Waals surface area contributed by atoms with Crippen LogP contribution in [0.5, 0.6) is 0 Å². The van der Waals surface area contributed by atoms with Crippen LogP contribution in [0.4, 0.5) is 23.0 Å². The molecule has 0 spiro atoms. The summed E-state index contributed by atoms with van der Waals surface area (Å²) >= 11 is 11.9. The molecule has 0 atom stereocenters. The summed E-state index contributed by atoms with van der Waals surface area (Å²) in [6.07, 6.45) is 0. The number of benzene rings is 3. The largest absolute Gasteiger partial charge is 0.356 e. The van der Waals surface area contributed by atoms with E-state index in [1.807, 2.05) is 98.8 Å². The van der Waals surface area contributed by atoms with Crippen molar-refractivity contribution in [3.8, 4) is 0 Å². The molecule has 0 radical (unpaired) electrons. The van der Waals surface area contributed by atoms with Gasteiger partial charge in [0.15, 0.2) is 5.11 Å². The van der Waals surface area contributed by atoms with Crippen molar-refractivity contribution in [1.29, 1.82) is 0 Å². The number of rotatable bonds is 6. The average molecular weight is 516 g/mol. The molecule has 0 bridgehead atoms. The summed E-state index contributed by atoms with van der Waals surface area (Å²) in [5.41, 5.74) is 5.41. The SMILES string of the molecule is Cc1cc(C)nc(NC(=NCc2ccccc2Cl)NC(=S)Nc2ccc(Nc3ccccc3)cc2)n1. The molecule has 9 heteroatoms. The number of hydrogen-bond donors (Lipinski definition) is 4. The van der Waals surface area contributed by atoms with Crippen LogP contribution in [0.2, 0.25) is 5.02 Å². The van der Waals surface area contributed by atoms with E-state index >= 15 is 0 Å². The Labute approximate surface area is 221 Å². The highest BCUT2D eigenvalue weighted by atomic mass is 35.5. The Morgan fingerprint density at radius 2 is 1.42 bits per heavy atom. The smallest absolute Gasteiger partial charge is 0.229 e. The fourth-order valence-electron chi connectivity index (χ4n) is 3.38. The zero-order valence-corrected chi connectivity index (χ0v) is 21.5. The van der Waals surface area contributed by atoms with Crippen LogP contribution in [0.25, 0.3) is 0 Å². The van der Waals surface area contributed by atoms with E-state index in [0.29, 0.717) is 28.6 Å². The molecule has 0 fully saturated rings. The van der Waals surface area contributed by atoms with E-state index in [-0.39, 0.29) is 0 Å². The maximum absolute atomic E-state index is 6.31. The van der Waals surface area contributed by atoms with Gasteiger partial charge in [0, 0.05) is 33.5 Å². The minimum absolute atomic E-state index is 0.349. The first-order chi connectivity index (χ1) is 17.4. The lowest BCUT2D eigenvalue weighted by Gasteiger charge is -2.15. The second kappa shape index (κ2) is 12.1. The zero-order chi connectivity index (χ0) is 25.3. The predicted octanol–water partition coefficient (Wildman–Crippen LogP) is 6.45. The van der Waals surface area contributed by atoms with Crippen LogP contribution in [0, 0.1) is 13.8 Å². The molecule has 1 aromatic heterocycles. The molecule has 4 rings (SSSR count). The minimum atomic E-state index is 0.349. The summed E-state index contributed by atoms with van der Waals surface area (Å²) in [6, 6.07) is 27.3. The molecule has 0 unspecified atom stereocenters. The van der Waals surface area contributed by atoms with Gasteiger partial charge >= 0.3 is 0 Å². The maximum atomic E-state index is 6.31. The Hall–Kier alpha value is -4.01. The zero-order valence-electron chi connectivity index (χ0n) is 19.9. The standard InChI is InChI=1S/C27H26ClN7S/c1-18-16-19(2)31-26(30-18)34-25(29-17-20-8-6-7-11-24(20)28)35-27(36)33-23-14-12-22(13-15-23)32-21-9-4-3-5-10-21/h3-16,32H,17H2,1-2H3,(H3,29,30,31,33,34,35,36). The third kappa shape index (κ3) is 7.49. The Morgan fingerprint density at radius 3 is 2.11 bits per heavy atom. The van der Waals surface area contributed by atoms with Crippen molar-refractivity contribution in [2.45, 2.75) is 20.4 Å². The van der Waals surface area contributed by atoms with Crippen LogP contribution in [-0.4, -0.2) is 21.0 Å². The van der Waals surface area contributed by atoms with Gasteiger partial charge in [0.05, 0.1) is 6.54 Å². The van der Waals surface area contributed by atoms with Gasteiger partial charge in [-0.25, -0.2) is 15.0 Å². The van der Waals surface area contributed by atoms with E-state index in [2.05, 4.69) is 36.2 Å². The summed E-state index contributed by atoms with van der Waals surface area (Å²) in [6.45, 7) is 4.18. The molecule has 0 aliphatic carbocycles. The van der Waals surface area contributed by atoms with Gasteiger partial charge in [0.25, 0.3) is 0 Å². The molecule has 7 nitrogen and oxygen atoms in total. The monoisotopic (exact) mass is 515 g/mol. The highest BCUT2D eigenvalue weighted by molar-refractivity contribution is 7.80. The van der Waals surface area contributed by atoms with Gasteiger partial charge < -0.3 is 16.0 Å². The number of halogens is 1. The lowest BCUT2D eigenvalue weighted by atomic mass is 10.2. The van der Waals surface area contributed by atoms with Crippen molar-refractivity contribution >= 4 is 57.9 Å². The number of nitrogens with zero attached hydrogens (tertiary/aromatic N) is 3. The van der Waals surface area contributed by atoms with Crippen LogP contribution in [0.15, 0.2) is 89.9 Å². The second-order valence-electron chi connectivity index (χ2n) is 8.00. The van der Waals surface area contributed by atoms with Crippen molar-refractivity contribution in [1.82, 2.24) is 15.3 Å². The van der Waals surface area contributed by atoms with Crippen molar-refractivity contribution in [2.24, 2.45) is 4.99 Å². The van der Waals surface area contributed by atoms with Crippen molar-refractivity contribution in [3.63, 3.8) is 0 Å². The van der Waals surface area contributed by atoms with Crippen molar-refractivity contribution in [2.75, 3.05) is 16.0 Å². The third-order valence-electron chi connectivity index (χ3n) is 5.02. The minimum Gasteiger partial charge on any atom is -0.356 e. The van der Waals surface area contributed by atoms with Gasteiger partial charge in [-0.15, -0.1) is 0 Å². The summed E-state index contributed by atoms with van der Waals surface area (Å²) in [4.78, 5) is 13.5. The number of para-hydroxylation sites is 1. The molecule has 0 saturated carbocycles. The highest BCUT2D eigenvalue weighted by Crippen LogP contribution is 2.19. The first-order valence-corrected chi connectivity index (χ1v) is 12.1. The first-order valence-electron chi connectivity index (χ1n) is 11.3. The molecule has 36 heavy (non-hydrogen) atoms. The molecule has 3 aromatic carbocycles. The number of aryl methyl sites for hydroxylation is 2. The quantitative estimate of drug-likeness (QED) is 0.133. The van der Waals surface area contributed by atoms with E-state index in [0.717, 1.165) is 34.0 Å². The van der Waals surface area contributed by atoms with Gasteiger partial charge in [0.2, 0.25) is 11.9 Å². The van der Waals surface area contributed by atoms with Gasteiger partial charge in [-0.3, -0.25) is 5.32 Å². The average Bonchev–Trinajstić information content (AvgIpc) is 2.84. The Bertz CT molecular complexity index is 1340. The maximum Gasteiger partial charge on any atom is 0.229 e. The van der Waals surface area contributed by atoms with E-state index in [1.54, 1.807) is 0 Å². The number of aromatic nitrogens is 2. The fourth-order valence-corrected chi connectivity index (χ4v) is 3.79. The number of nitrogens with one attached hydrogen (secondary N) is 4. The van der Waals surface area contributed by atoms with Gasteiger partial charge in [-0.1, -0.05) is 48.0 Å². The van der Waals surface area contributed by atoms with Crippen LogP contribution in [0.1, 0.15) is 17.0 Å². The highest BCUT2D eigenvalue weighted by Gasteiger charge is 2.08. The number of hydrogen-bond acceptors (Lipinski definition) is 5. The number of thiocarbonyl (C=S) groups is 1. The lowest BCUT2D eigenvalue weighted by molar-refractivity contribution is 1.03. The molecule has 1 heterocycles. The molecular formula is C27H26ClN7S. The number of aliphatic imine (C=N–C) groups is 1. The Kier molecular flexibility index (Phi) is 8.44. The van der Waals surface area contributed by atoms with E-state index in [1.165, 1.54) is 0 Å². The summed E-state index contributed by atoms with van der Waals surface area (Å²) in [5, 5.41) is 13.8. The van der Waals surface area contributed by atoms with Gasteiger partial charge in [-0.05, 0) is 80.2 Å². The Balaban J connectivity index is 1.45. The summed E-state index contributed by atoms with van der Waals surface area (Å²) < 4.78 is 0.